The van der Waals surface area contributed by atoms with Crippen molar-refractivity contribution < 1.29 is 4.39 Å². The SMILES string of the molecule is CNc1nccc(-c2c(-c3ccc(F)cc3)ncn2C2CC(C)(C)NC(C)(C)C2)n1. The lowest BCUT2D eigenvalue weighted by atomic mass is 9.79. The summed E-state index contributed by atoms with van der Waals surface area (Å²) in [6.07, 6.45) is 5.58. The molecule has 0 unspecified atom stereocenters. The van der Waals surface area contributed by atoms with Gasteiger partial charge in [0, 0.05) is 35.9 Å². The number of imidazole rings is 1. The van der Waals surface area contributed by atoms with Crippen LogP contribution in [-0.4, -0.2) is 37.6 Å². The quantitative estimate of drug-likeness (QED) is 0.657. The maximum Gasteiger partial charge on any atom is 0.222 e. The minimum Gasteiger partial charge on any atom is -0.357 e. The van der Waals surface area contributed by atoms with Gasteiger partial charge in [-0.15, -0.1) is 0 Å². The van der Waals surface area contributed by atoms with Crippen molar-refractivity contribution >= 4 is 5.95 Å². The summed E-state index contributed by atoms with van der Waals surface area (Å²) in [6.45, 7) is 8.95. The third-order valence-corrected chi connectivity index (χ3v) is 5.60. The molecule has 1 fully saturated rings. The van der Waals surface area contributed by atoms with E-state index in [1.807, 2.05) is 12.4 Å². The molecule has 1 aliphatic rings. The van der Waals surface area contributed by atoms with Crippen molar-refractivity contribution in [2.24, 2.45) is 0 Å². The van der Waals surface area contributed by atoms with Crippen LogP contribution in [0.25, 0.3) is 22.6 Å². The third-order valence-electron chi connectivity index (χ3n) is 5.60. The Bertz CT molecular complexity index is 1020. The maximum atomic E-state index is 13.5. The van der Waals surface area contributed by atoms with Crippen molar-refractivity contribution in [1.82, 2.24) is 24.8 Å². The molecular formula is C23H29FN6. The Labute approximate surface area is 177 Å². The molecular weight excluding hydrogens is 379 g/mol. The van der Waals surface area contributed by atoms with Crippen LogP contribution in [-0.2, 0) is 0 Å². The molecule has 4 rings (SSSR count). The van der Waals surface area contributed by atoms with E-state index in [-0.39, 0.29) is 22.9 Å². The average Bonchev–Trinajstić information content (AvgIpc) is 3.11. The maximum absolute atomic E-state index is 13.5. The standard InChI is InChI=1S/C23H29FN6/c1-22(2)12-17(13-23(3,4)29-22)30-14-27-19(15-6-8-16(24)9-7-15)20(30)18-10-11-26-21(25-5)28-18/h6-11,14,17,29H,12-13H2,1-5H3,(H,25,26,28). The van der Waals surface area contributed by atoms with E-state index in [9.17, 15) is 4.39 Å². The second kappa shape index (κ2) is 7.47. The summed E-state index contributed by atoms with van der Waals surface area (Å²) in [7, 11) is 1.80. The fourth-order valence-electron chi connectivity index (χ4n) is 4.79. The van der Waals surface area contributed by atoms with Gasteiger partial charge in [0.1, 0.15) is 5.82 Å². The Hall–Kier alpha value is -2.80. The molecule has 1 saturated heterocycles. The summed E-state index contributed by atoms with van der Waals surface area (Å²) in [5.41, 5.74) is 3.36. The van der Waals surface area contributed by atoms with E-state index >= 15 is 0 Å². The Morgan fingerprint density at radius 1 is 1.03 bits per heavy atom. The lowest BCUT2D eigenvalue weighted by Gasteiger charge is -2.47. The molecule has 0 bridgehead atoms. The van der Waals surface area contributed by atoms with Crippen LogP contribution in [0.4, 0.5) is 10.3 Å². The predicted molar refractivity (Wildman–Crippen MR) is 118 cm³/mol. The molecule has 0 amide bonds. The van der Waals surface area contributed by atoms with Gasteiger partial charge in [0.05, 0.1) is 23.4 Å². The molecule has 3 heterocycles. The molecule has 3 aromatic rings. The molecule has 1 aliphatic heterocycles. The number of halogens is 1. The van der Waals surface area contributed by atoms with E-state index in [0.29, 0.717) is 5.95 Å². The van der Waals surface area contributed by atoms with Gasteiger partial charge in [0.25, 0.3) is 0 Å². The largest absolute Gasteiger partial charge is 0.357 e. The van der Waals surface area contributed by atoms with Gasteiger partial charge in [-0.2, -0.15) is 0 Å². The first-order chi connectivity index (χ1) is 14.2. The molecule has 7 heteroatoms. The summed E-state index contributed by atoms with van der Waals surface area (Å²) < 4.78 is 15.8. The Balaban J connectivity index is 1.88. The number of hydrogen-bond acceptors (Lipinski definition) is 5. The van der Waals surface area contributed by atoms with Gasteiger partial charge in [-0.05, 0) is 70.9 Å². The van der Waals surface area contributed by atoms with Crippen LogP contribution in [0.3, 0.4) is 0 Å². The van der Waals surface area contributed by atoms with Crippen molar-refractivity contribution in [3.8, 4) is 22.6 Å². The zero-order valence-corrected chi connectivity index (χ0v) is 18.2. The van der Waals surface area contributed by atoms with Gasteiger partial charge in [-0.3, -0.25) is 0 Å². The highest BCUT2D eigenvalue weighted by atomic mass is 19.1. The van der Waals surface area contributed by atoms with E-state index in [1.165, 1.54) is 12.1 Å². The summed E-state index contributed by atoms with van der Waals surface area (Å²) in [6, 6.07) is 8.62. The van der Waals surface area contributed by atoms with Gasteiger partial charge in [0.2, 0.25) is 5.95 Å². The summed E-state index contributed by atoms with van der Waals surface area (Å²) in [4.78, 5) is 13.7. The molecule has 0 saturated carbocycles. The van der Waals surface area contributed by atoms with Crippen LogP contribution in [0.15, 0.2) is 42.9 Å². The molecule has 0 spiro atoms. The first kappa shape index (κ1) is 20.5. The molecule has 0 atom stereocenters. The van der Waals surface area contributed by atoms with E-state index in [1.54, 1.807) is 25.4 Å². The Kier molecular flexibility index (Phi) is 5.10. The number of rotatable bonds is 4. The number of nitrogens with zero attached hydrogens (tertiary/aromatic N) is 4. The highest BCUT2D eigenvalue weighted by Crippen LogP contribution is 2.40. The number of nitrogens with one attached hydrogen (secondary N) is 2. The van der Waals surface area contributed by atoms with Gasteiger partial charge in [0.15, 0.2) is 0 Å². The minimum atomic E-state index is -0.263. The number of piperidine rings is 1. The second-order valence-corrected chi connectivity index (χ2v) is 9.33. The molecule has 30 heavy (non-hydrogen) atoms. The third kappa shape index (κ3) is 4.07. The fourth-order valence-corrected chi connectivity index (χ4v) is 4.79. The van der Waals surface area contributed by atoms with Crippen LogP contribution in [0.5, 0.6) is 0 Å². The highest BCUT2D eigenvalue weighted by molar-refractivity contribution is 5.77. The van der Waals surface area contributed by atoms with Crippen LogP contribution >= 0.6 is 0 Å². The Morgan fingerprint density at radius 2 is 1.70 bits per heavy atom. The van der Waals surface area contributed by atoms with Crippen molar-refractivity contribution in [3.63, 3.8) is 0 Å². The van der Waals surface area contributed by atoms with E-state index in [2.05, 4.69) is 47.9 Å². The van der Waals surface area contributed by atoms with Crippen molar-refractivity contribution in [2.75, 3.05) is 12.4 Å². The zero-order chi connectivity index (χ0) is 21.5. The highest BCUT2D eigenvalue weighted by Gasteiger charge is 2.39. The van der Waals surface area contributed by atoms with Crippen LogP contribution in [0, 0.1) is 5.82 Å². The first-order valence-corrected chi connectivity index (χ1v) is 10.3. The van der Waals surface area contributed by atoms with Crippen LogP contribution < -0.4 is 10.6 Å². The van der Waals surface area contributed by atoms with E-state index in [0.717, 1.165) is 35.5 Å². The van der Waals surface area contributed by atoms with Gasteiger partial charge in [-0.25, -0.2) is 19.3 Å². The minimum absolute atomic E-state index is 0.00813. The first-order valence-electron chi connectivity index (χ1n) is 10.3. The van der Waals surface area contributed by atoms with Gasteiger partial charge >= 0.3 is 0 Å². The smallest absolute Gasteiger partial charge is 0.222 e. The summed E-state index contributed by atoms with van der Waals surface area (Å²) >= 11 is 0. The fraction of sp³-hybridized carbons (Fsp3) is 0.435. The van der Waals surface area contributed by atoms with Crippen molar-refractivity contribution in [3.05, 3.63) is 48.7 Å². The van der Waals surface area contributed by atoms with Crippen LogP contribution in [0.1, 0.15) is 46.6 Å². The predicted octanol–water partition coefficient (Wildman–Crippen LogP) is 4.67. The Morgan fingerprint density at radius 3 is 2.33 bits per heavy atom. The number of hydrogen-bond donors (Lipinski definition) is 2. The molecule has 158 valence electrons. The number of benzene rings is 1. The molecule has 2 aromatic heterocycles. The second-order valence-electron chi connectivity index (χ2n) is 9.33. The summed E-state index contributed by atoms with van der Waals surface area (Å²) in [5.74, 6) is 0.289. The summed E-state index contributed by atoms with van der Waals surface area (Å²) in [5, 5.41) is 6.75. The number of aromatic nitrogens is 4. The van der Waals surface area contributed by atoms with Gasteiger partial charge < -0.3 is 15.2 Å². The number of anilines is 1. The molecule has 2 N–H and O–H groups in total. The van der Waals surface area contributed by atoms with Crippen molar-refractivity contribution in [1.29, 1.82) is 0 Å². The lowest BCUT2D eigenvalue weighted by molar-refractivity contribution is 0.133. The monoisotopic (exact) mass is 408 g/mol. The molecule has 6 nitrogen and oxygen atoms in total. The molecule has 0 radical (unpaired) electrons. The average molecular weight is 409 g/mol. The van der Waals surface area contributed by atoms with Crippen molar-refractivity contribution in [2.45, 2.75) is 57.7 Å². The van der Waals surface area contributed by atoms with Gasteiger partial charge in [-0.1, -0.05) is 0 Å². The zero-order valence-electron chi connectivity index (χ0n) is 18.2. The lowest BCUT2D eigenvalue weighted by Crippen LogP contribution is -2.57. The van der Waals surface area contributed by atoms with E-state index in [4.69, 9.17) is 9.97 Å². The molecule has 0 aliphatic carbocycles. The normalized spacial score (nSPS) is 18.3. The molecule has 1 aromatic carbocycles. The van der Waals surface area contributed by atoms with E-state index < -0.39 is 0 Å². The topological polar surface area (TPSA) is 67.7 Å². The van der Waals surface area contributed by atoms with Crippen LogP contribution in [0.2, 0.25) is 0 Å².